The molecule has 0 atom stereocenters. The molecule has 0 radical (unpaired) electrons. The molecule has 118 valence electrons. The number of phenols is 2. The van der Waals surface area contributed by atoms with E-state index in [1.807, 2.05) is 26.0 Å². The Morgan fingerprint density at radius 2 is 1.74 bits per heavy atom. The topological polar surface area (TPSA) is 57.5 Å². The molecule has 23 heavy (non-hydrogen) atoms. The van der Waals surface area contributed by atoms with Crippen LogP contribution in [0.25, 0.3) is 6.08 Å². The summed E-state index contributed by atoms with van der Waals surface area (Å²) in [5.41, 5.74) is 2.95. The van der Waals surface area contributed by atoms with Crippen molar-refractivity contribution in [2.24, 2.45) is 0 Å². The van der Waals surface area contributed by atoms with Gasteiger partial charge < -0.3 is 10.2 Å². The zero-order chi connectivity index (χ0) is 16.8. The van der Waals surface area contributed by atoms with Crippen LogP contribution in [0, 0.1) is 0 Å². The number of carbonyl (C=O) groups excluding carboxylic acids is 1. The van der Waals surface area contributed by atoms with E-state index in [0.29, 0.717) is 23.1 Å². The van der Waals surface area contributed by atoms with Crippen LogP contribution in [0.1, 0.15) is 35.3 Å². The van der Waals surface area contributed by atoms with Crippen molar-refractivity contribution in [2.45, 2.75) is 20.3 Å². The fourth-order valence-electron chi connectivity index (χ4n) is 2.12. The minimum atomic E-state index is -0.135. The molecule has 0 spiro atoms. The quantitative estimate of drug-likeness (QED) is 0.485. The number of phenolic OH excluding ortho intramolecular Hbond substituents is 2. The molecule has 0 aromatic heterocycles. The Kier molecular flexibility index (Phi) is 5.36. The van der Waals surface area contributed by atoms with E-state index in [0.717, 1.165) is 5.57 Å². The van der Waals surface area contributed by atoms with Gasteiger partial charge >= 0.3 is 0 Å². The second-order valence-electron chi connectivity index (χ2n) is 5.59. The van der Waals surface area contributed by atoms with Crippen LogP contribution in [-0.4, -0.2) is 16.0 Å². The second-order valence-corrected chi connectivity index (χ2v) is 5.59. The first-order chi connectivity index (χ1) is 11.0. The van der Waals surface area contributed by atoms with Crippen LogP contribution in [0.15, 0.2) is 60.2 Å². The van der Waals surface area contributed by atoms with E-state index >= 15 is 0 Å². The summed E-state index contributed by atoms with van der Waals surface area (Å²) in [6.07, 6.45) is 5.55. The highest BCUT2D eigenvalue weighted by Gasteiger charge is 2.07. The number of allylic oxidation sites excluding steroid dienone is 3. The standard InChI is InChI=1S/C20H20O3/c1-14(2)8-9-16-12-17(20(23)13-19(16)22)10-11-18(21)15-6-4-3-5-7-15/h3-8,10-13,22-23H,9H2,1-2H3/b11-10+. The van der Waals surface area contributed by atoms with Gasteiger partial charge in [0.25, 0.3) is 0 Å². The van der Waals surface area contributed by atoms with Gasteiger partial charge in [-0.2, -0.15) is 0 Å². The van der Waals surface area contributed by atoms with Crippen LogP contribution in [0.2, 0.25) is 0 Å². The molecule has 3 heteroatoms. The Hall–Kier alpha value is -2.81. The number of carbonyl (C=O) groups is 1. The maximum absolute atomic E-state index is 12.1. The predicted octanol–water partition coefficient (Wildman–Crippen LogP) is 4.50. The van der Waals surface area contributed by atoms with Crippen molar-refractivity contribution < 1.29 is 15.0 Å². The molecule has 2 aromatic rings. The van der Waals surface area contributed by atoms with E-state index in [9.17, 15) is 15.0 Å². The Morgan fingerprint density at radius 1 is 1.04 bits per heavy atom. The molecule has 3 nitrogen and oxygen atoms in total. The number of aromatic hydroxyl groups is 2. The third-order valence-corrected chi connectivity index (χ3v) is 3.43. The number of rotatable bonds is 5. The Balaban J connectivity index is 2.25. The molecule has 0 saturated carbocycles. The first kappa shape index (κ1) is 16.6. The fourth-order valence-corrected chi connectivity index (χ4v) is 2.12. The third kappa shape index (κ3) is 4.58. The van der Waals surface area contributed by atoms with Crippen molar-refractivity contribution in [1.29, 1.82) is 0 Å². The molecule has 0 aliphatic rings. The van der Waals surface area contributed by atoms with E-state index in [1.165, 1.54) is 12.1 Å². The minimum Gasteiger partial charge on any atom is -0.508 e. The normalized spacial score (nSPS) is 10.7. The number of ketones is 1. The van der Waals surface area contributed by atoms with Crippen LogP contribution in [-0.2, 0) is 6.42 Å². The summed E-state index contributed by atoms with van der Waals surface area (Å²) in [5, 5.41) is 19.8. The lowest BCUT2D eigenvalue weighted by Gasteiger charge is -2.06. The maximum Gasteiger partial charge on any atom is 0.185 e. The molecular weight excluding hydrogens is 288 g/mol. The number of benzene rings is 2. The Morgan fingerprint density at radius 3 is 2.39 bits per heavy atom. The predicted molar refractivity (Wildman–Crippen MR) is 92.7 cm³/mol. The fraction of sp³-hybridized carbons (Fsp3) is 0.150. The Bertz CT molecular complexity index is 752. The molecule has 0 aliphatic carbocycles. The molecule has 0 saturated heterocycles. The van der Waals surface area contributed by atoms with Crippen LogP contribution < -0.4 is 0 Å². The van der Waals surface area contributed by atoms with Crippen LogP contribution in [0.3, 0.4) is 0 Å². The van der Waals surface area contributed by atoms with Gasteiger partial charge in [0.1, 0.15) is 11.5 Å². The van der Waals surface area contributed by atoms with Gasteiger partial charge in [0.2, 0.25) is 0 Å². The smallest absolute Gasteiger partial charge is 0.185 e. The first-order valence-electron chi connectivity index (χ1n) is 7.43. The average Bonchev–Trinajstić information content (AvgIpc) is 2.53. The molecular formula is C20H20O3. The SMILES string of the molecule is CC(C)=CCc1cc(/C=C/C(=O)c2ccccc2)c(O)cc1O. The zero-order valence-corrected chi connectivity index (χ0v) is 13.3. The third-order valence-electron chi connectivity index (χ3n) is 3.43. The largest absolute Gasteiger partial charge is 0.508 e. The van der Waals surface area contributed by atoms with Gasteiger partial charge in [-0.05, 0) is 44.1 Å². The van der Waals surface area contributed by atoms with Gasteiger partial charge in [-0.3, -0.25) is 4.79 Å². The van der Waals surface area contributed by atoms with Gasteiger partial charge in [-0.25, -0.2) is 0 Å². The molecule has 2 rings (SSSR count). The van der Waals surface area contributed by atoms with Crippen LogP contribution in [0.5, 0.6) is 11.5 Å². The second kappa shape index (κ2) is 7.45. The lowest BCUT2D eigenvalue weighted by atomic mass is 10.0. The van der Waals surface area contributed by atoms with Gasteiger partial charge in [0, 0.05) is 17.2 Å². The van der Waals surface area contributed by atoms with Crippen molar-refractivity contribution in [3.05, 3.63) is 76.9 Å². The molecule has 0 unspecified atom stereocenters. The summed E-state index contributed by atoms with van der Waals surface area (Å²) in [6, 6.07) is 11.9. The summed E-state index contributed by atoms with van der Waals surface area (Å²) in [7, 11) is 0. The summed E-state index contributed by atoms with van der Waals surface area (Å²) in [5.74, 6) is -0.143. The van der Waals surface area contributed by atoms with Crippen molar-refractivity contribution in [3.63, 3.8) is 0 Å². The minimum absolute atomic E-state index is 0.0477. The maximum atomic E-state index is 12.1. The molecule has 2 aromatic carbocycles. The molecule has 0 heterocycles. The molecule has 0 amide bonds. The highest BCUT2D eigenvalue weighted by atomic mass is 16.3. The highest BCUT2D eigenvalue weighted by molar-refractivity contribution is 6.06. The van der Waals surface area contributed by atoms with E-state index in [2.05, 4.69) is 0 Å². The van der Waals surface area contributed by atoms with Crippen LogP contribution >= 0.6 is 0 Å². The van der Waals surface area contributed by atoms with Crippen molar-refractivity contribution >= 4 is 11.9 Å². The van der Waals surface area contributed by atoms with Crippen molar-refractivity contribution in [3.8, 4) is 11.5 Å². The molecule has 2 N–H and O–H groups in total. The summed E-state index contributed by atoms with van der Waals surface area (Å²) in [6.45, 7) is 3.97. The van der Waals surface area contributed by atoms with E-state index in [1.54, 1.807) is 36.4 Å². The lowest BCUT2D eigenvalue weighted by Crippen LogP contribution is -1.93. The van der Waals surface area contributed by atoms with Crippen molar-refractivity contribution in [1.82, 2.24) is 0 Å². The van der Waals surface area contributed by atoms with Gasteiger partial charge in [0.05, 0.1) is 0 Å². The average molecular weight is 308 g/mol. The first-order valence-corrected chi connectivity index (χ1v) is 7.43. The molecule has 0 bridgehead atoms. The number of hydrogen-bond acceptors (Lipinski definition) is 3. The zero-order valence-electron chi connectivity index (χ0n) is 13.3. The number of hydrogen-bond donors (Lipinski definition) is 2. The summed E-state index contributed by atoms with van der Waals surface area (Å²) in [4.78, 5) is 12.1. The monoisotopic (exact) mass is 308 g/mol. The molecule has 0 fully saturated rings. The highest BCUT2D eigenvalue weighted by Crippen LogP contribution is 2.29. The summed E-state index contributed by atoms with van der Waals surface area (Å²) >= 11 is 0. The van der Waals surface area contributed by atoms with E-state index in [-0.39, 0.29) is 17.3 Å². The van der Waals surface area contributed by atoms with Gasteiger partial charge in [-0.15, -0.1) is 0 Å². The molecule has 0 aliphatic heterocycles. The Labute approximate surface area is 136 Å². The van der Waals surface area contributed by atoms with Crippen molar-refractivity contribution in [2.75, 3.05) is 0 Å². The van der Waals surface area contributed by atoms with Crippen LogP contribution in [0.4, 0.5) is 0 Å². The lowest BCUT2D eigenvalue weighted by molar-refractivity contribution is 0.104. The summed E-state index contributed by atoms with van der Waals surface area (Å²) < 4.78 is 0. The van der Waals surface area contributed by atoms with E-state index < -0.39 is 0 Å². The van der Waals surface area contributed by atoms with E-state index in [4.69, 9.17) is 0 Å². The van der Waals surface area contributed by atoms with Gasteiger partial charge in [0.15, 0.2) is 5.78 Å². The van der Waals surface area contributed by atoms with Gasteiger partial charge in [-0.1, -0.05) is 42.0 Å².